The van der Waals surface area contributed by atoms with E-state index in [0.717, 1.165) is 16.8 Å². The Bertz CT molecular complexity index is 735. The van der Waals surface area contributed by atoms with Gasteiger partial charge < -0.3 is 4.90 Å². The molecule has 0 aliphatic carbocycles. The Balaban J connectivity index is 2.50. The van der Waals surface area contributed by atoms with Crippen LogP contribution in [0.25, 0.3) is 0 Å². The van der Waals surface area contributed by atoms with Crippen molar-refractivity contribution in [3.8, 4) is 11.8 Å². The summed E-state index contributed by atoms with van der Waals surface area (Å²) in [6.45, 7) is 7.71. The second kappa shape index (κ2) is 6.28. The Kier molecular flexibility index (Phi) is 4.45. The summed E-state index contributed by atoms with van der Waals surface area (Å²) in [5.41, 5.74) is 3.94. The molecule has 2 rings (SSSR count). The molecule has 2 aromatic rings. The molecule has 0 fully saturated rings. The van der Waals surface area contributed by atoms with Crippen LogP contribution in [0, 0.1) is 24.6 Å². The Morgan fingerprint density at radius 1 is 1.05 bits per heavy atom. The van der Waals surface area contributed by atoms with Gasteiger partial charge in [-0.15, -0.1) is 0 Å². The van der Waals surface area contributed by atoms with Crippen molar-refractivity contribution in [2.24, 2.45) is 0 Å². The van der Waals surface area contributed by atoms with Crippen molar-refractivity contribution in [2.75, 3.05) is 11.9 Å². The number of hydrogen-bond donors (Lipinski definition) is 0. The number of nitrogens with zero attached hydrogens (tertiary/aromatic N) is 1. The average Bonchev–Trinajstić information content (AvgIpc) is 2.45. The van der Waals surface area contributed by atoms with Gasteiger partial charge in [0.2, 0.25) is 0 Å². The van der Waals surface area contributed by atoms with Gasteiger partial charge in [-0.05, 0) is 37.6 Å². The number of hydrogen-bond acceptors (Lipinski definition) is 1. The van der Waals surface area contributed by atoms with Gasteiger partial charge >= 0.3 is 0 Å². The van der Waals surface area contributed by atoms with E-state index in [1.54, 1.807) is 18.0 Å². The van der Waals surface area contributed by atoms with Gasteiger partial charge in [0.25, 0.3) is 0 Å². The summed E-state index contributed by atoms with van der Waals surface area (Å²) in [7, 11) is 1.79. The fourth-order valence-electron chi connectivity index (χ4n) is 2.00. The van der Waals surface area contributed by atoms with Crippen LogP contribution in [0.1, 0.15) is 23.6 Å². The van der Waals surface area contributed by atoms with Gasteiger partial charge in [0, 0.05) is 18.3 Å². The molecule has 0 unspecified atom stereocenters. The van der Waals surface area contributed by atoms with Crippen molar-refractivity contribution in [3.05, 3.63) is 77.2 Å². The van der Waals surface area contributed by atoms with Crippen LogP contribution in [0.15, 0.2) is 54.7 Å². The highest BCUT2D eigenvalue weighted by Crippen LogP contribution is 2.25. The molecular weight excluding hydrogens is 261 g/mol. The topological polar surface area (TPSA) is 3.24 Å². The Hall–Kier alpha value is -2.53. The third-order valence-corrected chi connectivity index (χ3v) is 3.37. The summed E-state index contributed by atoms with van der Waals surface area (Å²) < 4.78 is 14.1. The van der Waals surface area contributed by atoms with Crippen LogP contribution in [-0.2, 0) is 0 Å². The Morgan fingerprint density at radius 2 is 1.67 bits per heavy atom. The quantitative estimate of drug-likeness (QED) is 0.731. The summed E-state index contributed by atoms with van der Waals surface area (Å²) in [6, 6.07) is 12.8. The van der Waals surface area contributed by atoms with E-state index in [1.807, 2.05) is 44.2 Å². The van der Waals surface area contributed by atoms with E-state index in [0.29, 0.717) is 11.3 Å². The maximum absolute atomic E-state index is 14.1. The lowest BCUT2D eigenvalue weighted by Crippen LogP contribution is -2.16. The standard InChI is InChI=1S/C19H18FN/c1-14(2)21(4)19-17(10-7-11-18(19)20)13-12-16-9-6-5-8-15(16)3/h5-11H,1H2,2-4H3. The largest absolute Gasteiger partial charge is 0.346 e. The summed E-state index contributed by atoms with van der Waals surface area (Å²) in [6.07, 6.45) is 0. The van der Waals surface area contributed by atoms with Crippen LogP contribution < -0.4 is 4.90 Å². The third-order valence-electron chi connectivity index (χ3n) is 3.37. The maximum Gasteiger partial charge on any atom is 0.148 e. The van der Waals surface area contributed by atoms with Crippen molar-refractivity contribution in [3.63, 3.8) is 0 Å². The Morgan fingerprint density at radius 3 is 2.33 bits per heavy atom. The van der Waals surface area contributed by atoms with Crippen molar-refractivity contribution < 1.29 is 4.39 Å². The van der Waals surface area contributed by atoms with E-state index < -0.39 is 0 Å². The van der Waals surface area contributed by atoms with Crippen molar-refractivity contribution in [1.82, 2.24) is 0 Å². The second-order valence-electron chi connectivity index (χ2n) is 5.00. The van der Waals surface area contributed by atoms with Crippen molar-refractivity contribution in [1.29, 1.82) is 0 Å². The van der Waals surface area contributed by atoms with Crippen molar-refractivity contribution in [2.45, 2.75) is 13.8 Å². The van der Waals surface area contributed by atoms with Gasteiger partial charge in [0.05, 0.1) is 11.3 Å². The van der Waals surface area contributed by atoms with Gasteiger partial charge in [-0.3, -0.25) is 0 Å². The fourth-order valence-corrected chi connectivity index (χ4v) is 2.00. The number of halogens is 1. The van der Waals surface area contributed by atoms with Gasteiger partial charge in [-0.1, -0.05) is 42.7 Å². The van der Waals surface area contributed by atoms with E-state index in [2.05, 4.69) is 18.4 Å². The molecule has 0 aliphatic heterocycles. The first-order valence-corrected chi connectivity index (χ1v) is 6.76. The van der Waals surface area contributed by atoms with Crippen LogP contribution in [0.2, 0.25) is 0 Å². The molecule has 0 radical (unpaired) electrons. The zero-order chi connectivity index (χ0) is 15.4. The molecular formula is C19H18FN. The van der Waals surface area contributed by atoms with Crippen LogP contribution in [0.5, 0.6) is 0 Å². The number of benzene rings is 2. The molecule has 2 aromatic carbocycles. The van der Waals surface area contributed by atoms with Gasteiger partial charge in [0.1, 0.15) is 5.82 Å². The molecule has 21 heavy (non-hydrogen) atoms. The molecule has 0 spiro atoms. The summed E-state index contributed by atoms with van der Waals surface area (Å²) >= 11 is 0. The first kappa shape index (κ1) is 14.9. The van der Waals surface area contributed by atoms with Gasteiger partial charge in [-0.25, -0.2) is 4.39 Å². The van der Waals surface area contributed by atoms with Crippen LogP contribution in [-0.4, -0.2) is 7.05 Å². The molecule has 0 saturated carbocycles. The molecule has 0 aliphatic rings. The fraction of sp³-hybridized carbons (Fsp3) is 0.158. The summed E-state index contributed by atoms with van der Waals surface area (Å²) in [5.74, 6) is 5.90. The molecule has 0 saturated heterocycles. The number of rotatable bonds is 2. The summed E-state index contributed by atoms with van der Waals surface area (Å²) in [4.78, 5) is 1.72. The van der Waals surface area contributed by atoms with E-state index >= 15 is 0 Å². The highest BCUT2D eigenvalue weighted by Gasteiger charge is 2.12. The van der Waals surface area contributed by atoms with E-state index in [4.69, 9.17) is 0 Å². The number of aryl methyl sites for hydroxylation is 1. The zero-order valence-electron chi connectivity index (χ0n) is 12.6. The van der Waals surface area contributed by atoms with Gasteiger partial charge in [-0.2, -0.15) is 0 Å². The lowest BCUT2D eigenvalue weighted by atomic mass is 10.1. The van der Waals surface area contributed by atoms with E-state index in [9.17, 15) is 4.39 Å². The Labute approximate surface area is 125 Å². The highest BCUT2D eigenvalue weighted by atomic mass is 19.1. The first-order chi connectivity index (χ1) is 10.0. The monoisotopic (exact) mass is 279 g/mol. The lowest BCUT2D eigenvalue weighted by molar-refractivity contribution is 0.626. The van der Waals surface area contributed by atoms with Crippen LogP contribution in [0.3, 0.4) is 0 Å². The molecule has 0 heterocycles. The molecule has 0 bridgehead atoms. The van der Waals surface area contributed by atoms with Crippen LogP contribution >= 0.6 is 0 Å². The predicted molar refractivity (Wildman–Crippen MR) is 86.8 cm³/mol. The smallest absolute Gasteiger partial charge is 0.148 e. The molecule has 106 valence electrons. The molecule has 0 aromatic heterocycles. The predicted octanol–water partition coefficient (Wildman–Crippen LogP) is 4.50. The molecule has 2 heteroatoms. The number of anilines is 1. The molecule has 0 atom stereocenters. The molecule has 0 amide bonds. The number of para-hydroxylation sites is 1. The molecule has 0 N–H and O–H groups in total. The van der Waals surface area contributed by atoms with Crippen LogP contribution in [0.4, 0.5) is 10.1 Å². The minimum absolute atomic E-state index is 0.294. The van der Waals surface area contributed by atoms with Crippen molar-refractivity contribution >= 4 is 5.69 Å². The number of allylic oxidation sites excluding steroid dienone is 1. The third kappa shape index (κ3) is 3.32. The SMILES string of the molecule is C=C(C)N(C)c1c(F)cccc1C#Cc1ccccc1C. The highest BCUT2D eigenvalue weighted by molar-refractivity contribution is 5.64. The van der Waals surface area contributed by atoms with Gasteiger partial charge in [0.15, 0.2) is 0 Å². The second-order valence-corrected chi connectivity index (χ2v) is 5.00. The zero-order valence-corrected chi connectivity index (χ0v) is 12.6. The first-order valence-electron chi connectivity index (χ1n) is 6.76. The van der Waals surface area contributed by atoms with E-state index in [-0.39, 0.29) is 5.82 Å². The normalized spacial score (nSPS) is 9.71. The minimum Gasteiger partial charge on any atom is -0.346 e. The molecule has 1 nitrogen and oxygen atoms in total. The maximum atomic E-state index is 14.1. The van der Waals surface area contributed by atoms with E-state index in [1.165, 1.54) is 6.07 Å². The lowest BCUT2D eigenvalue weighted by Gasteiger charge is -2.21. The average molecular weight is 279 g/mol. The minimum atomic E-state index is -0.294. The summed E-state index contributed by atoms with van der Waals surface area (Å²) in [5, 5.41) is 0.